The van der Waals surface area contributed by atoms with E-state index in [1.165, 1.54) is 12.1 Å². The van der Waals surface area contributed by atoms with E-state index in [4.69, 9.17) is 11.6 Å². The second-order valence-corrected chi connectivity index (χ2v) is 4.79. The van der Waals surface area contributed by atoms with Crippen molar-refractivity contribution in [1.29, 1.82) is 0 Å². The quantitative estimate of drug-likeness (QED) is 0.839. The molecule has 1 heterocycles. The van der Waals surface area contributed by atoms with Crippen molar-refractivity contribution in [3.8, 4) is 0 Å². The van der Waals surface area contributed by atoms with E-state index in [0.717, 1.165) is 5.56 Å². The van der Waals surface area contributed by atoms with Crippen LogP contribution in [0.25, 0.3) is 0 Å². The predicted molar refractivity (Wildman–Crippen MR) is 57.3 cm³/mol. The van der Waals surface area contributed by atoms with Gasteiger partial charge < -0.3 is 5.11 Å². The van der Waals surface area contributed by atoms with Gasteiger partial charge in [-0.25, -0.2) is 4.39 Å². The molecule has 4 heteroatoms. The van der Waals surface area contributed by atoms with Crippen LogP contribution in [-0.4, -0.2) is 28.7 Å². The number of likely N-dealkylation sites (tertiary alicyclic amines) is 1. The van der Waals surface area contributed by atoms with Crippen molar-refractivity contribution in [2.24, 2.45) is 0 Å². The highest BCUT2D eigenvalue weighted by Gasteiger charge is 2.36. The van der Waals surface area contributed by atoms with Gasteiger partial charge in [0.2, 0.25) is 0 Å². The molecule has 1 N–H and O–H groups in total. The van der Waals surface area contributed by atoms with E-state index in [1.54, 1.807) is 13.0 Å². The highest BCUT2D eigenvalue weighted by Crippen LogP contribution is 2.25. The van der Waals surface area contributed by atoms with Gasteiger partial charge in [-0.2, -0.15) is 0 Å². The number of β-amino-alcohol motifs (C(OH)–C–C–N with tert-alkyl or cyclic N) is 1. The molecular formula is C11H13ClFNO. The van der Waals surface area contributed by atoms with E-state index in [9.17, 15) is 9.50 Å². The summed E-state index contributed by atoms with van der Waals surface area (Å²) >= 11 is 5.94. The lowest BCUT2D eigenvalue weighted by molar-refractivity contribution is -0.0871. The highest BCUT2D eigenvalue weighted by molar-refractivity contribution is 6.31. The minimum atomic E-state index is -0.597. The van der Waals surface area contributed by atoms with Crippen LogP contribution in [-0.2, 0) is 6.54 Å². The van der Waals surface area contributed by atoms with Gasteiger partial charge in [0.05, 0.1) is 5.60 Å². The molecule has 0 spiro atoms. The molecule has 1 aromatic rings. The average molecular weight is 230 g/mol. The summed E-state index contributed by atoms with van der Waals surface area (Å²) in [7, 11) is 0. The first-order valence-corrected chi connectivity index (χ1v) is 5.23. The minimum absolute atomic E-state index is 0.276. The van der Waals surface area contributed by atoms with E-state index in [0.29, 0.717) is 24.7 Å². The Hall–Kier alpha value is -0.640. The van der Waals surface area contributed by atoms with Crippen molar-refractivity contribution in [2.45, 2.75) is 19.1 Å². The Balaban J connectivity index is 2.03. The number of hydrogen-bond donors (Lipinski definition) is 1. The van der Waals surface area contributed by atoms with Crippen LogP contribution in [0.3, 0.4) is 0 Å². The van der Waals surface area contributed by atoms with Crippen molar-refractivity contribution in [1.82, 2.24) is 4.90 Å². The number of nitrogens with zero attached hydrogens (tertiary/aromatic N) is 1. The summed E-state index contributed by atoms with van der Waals surface area (Å²) in [5.74, 6) is -0.276. The molecule has 0 bridgehead atoms. The number of rotatable bonds is 2. The Morgan fingerprint density at radius 1 is 1.53 bits per heavy atom. The third-order valence-electron chi connectivity index (χ3n) is 2.53. The SMILES string of the molecule is CC1(O)CN(Cc2cc(F)ccc2Cl)C1. The van der Waals surface area contributed by atoms with E-state index in [-0.39, 0.29) is 5.82 Å². The summed E-state index contributed by atoms with van der Waals surface area (Å²) in [5, 5.41) is 10.1. The number of halogens is 2. The Kier molecular flexibility index (Phi) is 2.71. The molecule has 0 aliphatic carbocycles. The zero-order chi connectivity index (χ0) is 11.1. The van der Waals surface area contributed by atoms with Crippen LogP contribution in [0.5, 0.6) is 0 Å². The van der Waals surface area contributed by atoms with Crippen molar-refractivity contribution in [2.75, 3.05) is 13.1 Å². The minimum Gasteiger partial charge on any atom is -0.388 e. The fraction of sp³-hybridized carbons (Fsp3) is 0.455. The van der Waals surface area contributed by atoms with Crippen molar-refractivity contribution >= 4 is 11.6 Å². The van der Waals surface area contributed by atoms with Crippen LogP contribution in [0.15, 0.2) is 18.2 Å². The summed E-state index contributed by atoms with van der Waals surface area (Å²) in [5.41, 5.74) is 0.173. The van der Waals surface area contributed by atoms with Crippen LogP contribution in [0, 0.1) is 5.82 Å². The molecule has 2 rings (SSSR count). The zero-order valence-electron chi connectivity index (χ0n) is 8.50. The fourth-order valence-electron chi connectivity index (χ4n) is 1.93. The van der Waals surface area contributed by atoms with E-state index >= 15 is 0 Å². The average Bonchev–Trinajstić information content (AvgIpc) is 2.08. The van der Waals surface area contributed by atoms with Gasteiger partial charge in [0.25, 0.3) is 0 Å². The molecule has 0 aromatic heterocycles. The summed E-state index contributed by atoms with van der Waals surface area (Å²) in [6.45, 7) is 3.60. The Labute approximate surface area is 93.3 Å². The van der Waals surface area contributed by atoms with Gasteiger partial charge in [0, 0.05) is 24.7 Å². The van der Waals surface area contributed by atoms with Gasteiger partial charge in [-0.3, -0.25) is 4.90 Å². The third kappa shape index (κ3) is 2.48. The fourth-order valence-corrected chi connectivity index (χ4v) is 2.11. The van der Waals surface area contributed by atoms with Gasteiger partial charge in [0.15, 0.2) is 0 Å². The summed E-state index contributed by atoms with van der Waals surface area (Å²) in [6.07, 6.45) is 0. The number of benzene rings is 1. The van der Waals surface area contributed by atoms with E-state index < -0.39 is 5.60 Å². The molecule has 0 amide bonds. The molecule has 82 valence electrons. The zero-order valence-corrected chi connectivity index (χ0v) is 9.26. The normalized spacial score (nSPS) is 20.0. The molecule has 1 aromatic carbocycles. The maximum atomic E-state index is 12.9. The van der Waals surface area contributed by atoms with Crippen molar-refractivity contribution in [3.05, 3.63) is 34.6 Å². The van der Waals surface area contributed by atoms with E-state index in [2.05, 4.69) is 0 Å². The summed E-state index contributed by atoms with van der Waals surface area (Å²) < 4.78 is 12.9. The highest BCUT2D eigenvalue weighted by atomic mass is 35.5. The standard InChI is InChI=1S/C11H13ClFNO/c1-11(15)6-14(7-11)5-8-4-9(13)2-3-10(8)12/h2-4,15H,5-7H2,1H3. The largest absolute Gasteiger partial charge is 0.388 e. The Morgan fingerprint density at radius 2 is 2.20 bits per heavy atom. The maximum absolute atomic E-state index is 12.9. The topological polar surface area (TPSA) is 23.5 Å². The number of hydrogen-bond acceptors (Lipinski definition) is 2. The first-order valence-electron chi connectivity index (χ1n) is 4.85. The Morgan fingerprint density at radius 3 is 2.80 bits per heavy atom. The van der Waals surface area contributed by atoms with Crippen LogP contribution in [0.4, 0.5) is 4.39 Å². The molecule has 1 aliphatic heterocycles. The third-order valence-corrected chi connectivity index (χ3v) is 2.90. The van der Waals surface area contributed by atoms with Gasteiger partial charge >= 0.3 is 0 Å². The van der Waals surface area contributed by atoms with Crippen LogP contribution >= 0.6 is 11.6 Å². The lowest BCUT2D eigenvalue weighted by Crippen LogP contribution is -2.59. The van der Waals surface area contributed by atoms with Crippen LogP contribution in [0.2, 0.25) is 5.02 Å². The van der Waals surface area contributed by atoms with Gasteiger partial charge in [-0.1, -0.05) is 11.6 Å². The first kappa shape index (κ1) is 10.9. The smallest absolute Gasteiger partial charge is 0.123 e. The molecule has 15 heavy (non-hydrogen) atoms. The second-order valence-electron chi connectivity index (χ2n) is 4.38. The predicted octanol–water partition coefficient (Wildman–Crippen LogP) is 2.05. The van der Waals surface area contributed by atoms with Crippen LogP contribution in [0.1, 0.15) is 12.5 Å². The molecular weight excluding hydrogens is 217 g/mol. The molecule has 1 fully saturated rings. The number of aliphatic hydroxyl groups is 1. The molecule has 0 saturated carbocycles. The van der Waals surface area contributed by atoms with Crippen LogP contribution < -0.4 is 0 Å². The maximum Gasteiger partial charge on any atom is 0.123 e. The molecule has 1 aliphatic rings. The van der Waals surface area contributed by atoms with Crippen molar-refractivity contribution < 1.29 is 9.50 Å². The molecule has 1 saturated heterocycles. The van der Waals surface area contributed by atoms with Gasteiger partial charge in [-0.15, -0.1) is 0 Å². The molecule has 0 unspecified atom stereocenters. The lowest BCUT2D eigenvalue weighted by atomic mass is 9.96. The molecule has 0 atom stereocenters. The van der Waals surface area contributed by atoms with Gasteiger partial charge in [-0.05, 0) is 30.7 Å². The monoisotopic (exact) mass is 229 g/mol. The van der Waals surface area contributed by atoms with Gasteiger partial charge in [0.1, 0.15) is 5.82 Å². The lowest BCUT2D eigenvalue weighted by Gasteiger charge is -2.44. The summed E-state index contributed by atoms with van der Waals surface area (Å²) in [4.78, 5) is 2.03. The van der Waals surface area contributed by atoms with E-state index in [1.807, 2.05) is 4.90 Å². The summed E-state index contributed by atoms with van der Waals surface area (Å²) in [6, 6.07) is 4.34. The first-order chi connectivity index (χ1) is 6.96. The Bertz CT molecular complexity index is 373. The van der Waals surface area contributed by atoms with Crippen molar-refractivity contribution in [3.63, 3.8) is 0 Å². The molecule has 2 nitrogen and oxygen atoms in total. The second kappa shape index (κ2) is 3.74. The molecule has 0 radical (unpaired) electrons.